The minimum Gasteiger partial charge on any atom is -0.339 e. The highest BCUT2D eigenvalue weighted by atomic mass is 32.2. The molecule has 23 heavy (non-hydrogen) atoms. The van der Waals surface area contributed by atoms with Gasteiger partial charge in [0.15, 0.2) is 0 Å². The maximum atomic E-state index is 12.8. The number of nitrogens with one attached hydrogen (secondary N) is 1. The molecule has 0 atom stereocenters. The summed E-state index contributed by atoms with van der Waals surface area (Å²) in [6, 6.07) is 7.11. The van der Waals surface area contributed by atoms with Crippen LogP contribution in [0.2, 0.25) is 0 Å². The molecule has 0 saturated carbocycles. The second-order valence-electron chi connectivity index (χ2n) is 4.74. The van der Waals surface area contributed by atoms with Crippen molar-refractivity contribution in [2.24, 2.45) is 0 Å². The summed E-state index contributed by atoms with van der Waals surface area (Å²) >= 11 is 1.07. The molecule has 0 aliphatic rings. The van der Waals surface area contributed by atoms with Gasteiger partial charge < -0.3 is 4.52 Å². The average Bonchev–Trinajstić information content (AvgIpc) is 3.16. The third kappa shape index (κ3) is 3.63. The molecule has 0 saturated heterocycles. The molecule has 0 unspecified atom stereocenters. The number of halogens is 1. The van der Waals surface area contributed by atoms with Gasteiger partial charge >= 0.3 is 0 Å². The Hall–Kier alpha value is -2.10. The van der Waals surface area contributed by atoms with E-state index in [0.29, 0.717) is 22.8 Å². The van der Waals surface area contributed by atoms with Crippen LogP contribution in [0.5, 0.6) is 0 Å². The fourth-order valence-corrected chi connectivity index (χ4v) is 4.06. The molecule has 2 aromatic heterocycles. The number of aryl methyl sites for hydroxylation is 1. The molecular weight excluding hydrogens is 341 g/mol. The molecule has 3 aromatic rings. The van der Waals surface area contributed by atoms with Gasteiger partial charge in [-0.05, 0) is 23.8 Å². The second-order valence-corrected chi connectivity index (χ2v) is 7.65. The van der Waals surface area contributed by atoms with Crippen molar-refractivity contribution in [3.8, 4) is 11.4 Å². The van der Waals surface area contributed by atoms with Gasteiger partial charge in [-0.1, -0.05) is 17.3 Å². The van der Waals surface area contributed by atoms with E-state index in [4.69, 9.17) is 4.52 Å². The quantitative estimate of drug-likeness (QED) is 0.762. The molecule has 0 fully saturated rings. The molecule has 120 valence electrons. The molecule has 9 heteroatoms. The zero-order valence-corrected chi connectivity index (χ0v) is 13.6. The van der Waals surface area contributed by atoms with Crippen LogP contribution in [-0.4, -0.2) is 18.6 Å². The van der Waals surface area contributed by atoms with Crippen LogP contribution < -0.4 is 4.72 Å². The first-order valence-electron chi connectivity index (χ1n) is 6.57. The molecule has 0 bridgehead atoms. The number of hydrogen-bond donors (Lipinski definition) is 1. The lowest BCUT2D eigenvalue weighted by Crippen LogP contribution is -2.22. The van der Waals surface area contributed by atoms with Crippen molar-refractivity contribution in [1.82, 2.24) is 14.9 Å². The van der Waals surface area contributed by atoms with Crippen molar-refractivity contribution in [2.45, 2.75) is 17.7 Å². The van der Waals surface area contributed by atoms with E-state index in [2.05, 4.69) is 14.9 Å². The van der Waals surface area contributed by atoms with Crippen LogP contribution >= 0.6 is 11.3 Å². The van der Waals surface area contributed by atoms with Crippen molar-refractivity contribution < 1.29 is 17.3 Å². The Kier molecular flexibility index (Phi) is 4.24. The monoisotopic (exact) mass is 353 g/mol. The van der Waals surface area contributed by atoms with Crippen LogP contribution in [-0.2, 0) is 16.6 Å². The van der Waals surface area contributed by atoms with Crippen molar-refractivity contribution in [3.63, 3.8) is 0 Å². The lowest BCUT2D eigenvalue weighted by Gasteiger charge is -2.04. The van der Waals surface area contributed by atoms with Crippen molar-refractivity contribution >= 4 is 21.4 Å². The molecule has 0 spiro atoms. The summed E-state index contributed by atoms with van der Waals surface area (Å²) in [5, 5.41) is 5.40. The number of sulfonamides is 1. The average molecular weight is 353 g/mol. The molecule has 3 rings (SSSR count). The number of nitrogens with zero attached hydrogens (tertiary/aromatic N) is 2. The fraction of sp³-hybridized carbons (Fsp3) is 0.143. The first-order chi connectivity index (χ1) is 10.9. The van der Waals surface area contributed by atoms with Gasteiger partial charge in [-0.2, -0.15) is 4.98 Å². The predicted molar refractivity (Wildman–Crippen MR) is 82.8 cm³/mol. The third-order valence-electron chi connectivity index (χ3n) is 3.01. The Labute approximate surface area is 136 Å². The SMILES string of the molecule is Cc1nc(-c2csc(S(=O)(=O)NCc3ccc(F)cc3)c2)no1. The molecule has 1 N–H and O–H groups in total. The predicted octanol–water partition coefficient (Wildman–Crippen LogP) is 2.72. The lowest BCUT2D eigenvalue weighted by molar-refractivity contribution is 0.394. The van der Waals surface area contributed by atoms with E-state index in [0.717, 1.165) is 11.3 Å². The number of aromatic nitrogens is 2. The fourth-order valence-electron chi connectivity index (χ4n) is 1.84. The first-order valence-corrected chi connectivity index (χ1v) is 8.94. The van der Waals surface area contributed by atoms with Crippen LogP contribution in [0.1, 0.15) is 11.5 Å². The Morgan fingerprint density at radius 3 is 2.70 bits per heavy atom. The first kappa shape index (κ1) is 15.8. The van der Waals surface area contributed by atoms with Crippen LogP contribution in [0.15, 0.2) is 44.4 Å². The summed E-state index contributed by atoms with van der Waals surface area (Å²) in [5.41, 5.74) is 1.24. The molecule has 1 aromatic carbocycles. The van der Waals surface area contributed by atoms with E-state index in [-0.39, 0.29) is 16.6 Å². The summed E-state index contributed by atoms with van der Waals surface area (Å²) in [4.78, 5) is 4.06. The van der Waals surface area contributed by atoms with E-state index >= 15 is 0 Å². The molecule has 0 amide bonds. The highest BCUT2D eigenvalue weighted by Gasteiger charge is 2.18. The van der Waals surface area contributed by atoms with Gasteiger partial charge in [0.2, 0.25) is 21.7 Å². The molecule has 0 aliphatic carbocycles. The summed E-state index contributed by atoms with van der Waals surface area (Å²) in [6.07, 6.45) is 0. The molecular formula is C14H12FN3O3S2. The van der Waals surface area contributed by atoms with Gasteiger partial charge in [0, 0.05) is 24.4 Å². The van der Waals surface area contributed by atoms with Crippen LogP contribution in [0.25, 0.3) is 11.4 Å². The van der Waals surface area contributed by atoms with Gasteiger partial charge in [0.05, 0.1) is 0 Å². The maximum Gasteiger partial charge on any atom is 0.250 e. The zero-order valence-electron chi connectivity index (χ0n) is 12.0. The standard InChI is InChI=1S/C14H12FN3O3S2/c1-9-17-14(18-21-9)11-6-13(22-8-11)23(19,20)16-7-10-2-4-12(15)5-3-10/h2-6,8,16H,7H2,1H3. The summed E-state index contributed by atoms with van der Waals surface area (Å²) in [7, 11) is -3.66. The number of hydrogen-bond acceptors (Lipinski definition) is 6. The summed E-state index contributed by atoms with van der Waals surface area (Å²) in [5.74, 6) is 0.388. The Balaban J connectivity index is 1.75. The largest absolute Gasteiger partial charge is 0.339 e. The Morgan fingerprint density at radius 1 is 1.30 bits per heavy atom. The molecule has 2 heterocycles. The van der Waals surface area contributed by atoms with E-state index in [1.54, 1.807) is 12.3 Å². The third-order valence-corrected chi connectivity index (χ3v) is 5.85. The topological polar surface area (TPSA) is 85.1 Å². The molecule has 6 nitrogen and oxygen atoms in total. The van der Waals surface area contributed by atoms with E-state index in [1.165, 1.54) is 30.3 Å². The number of rotatable bonds is 5. The summed E-state index contributed by atoms with van der Waals surface area (Å²) < 4.78 is 44.9. The van der Waals surface area contributed by atoms with Crippen molar-refractivity contribution in [1.29, 1.82) is 0 Å². The van der Waals surface area contributed by atoms with Gasteiger partial charge in [-0.25, -0.2) is 17.5 Å². The zero-order chi connectivity index (χ0) is 16.4. The van der Waals surface area contributed by atoms with Crippen molar-refractivity contribution in [3.05, 3.63) is 53.0 Å². The minimum atomic E-state index is -3.66. The second kappa shape index (κ2) is 6.19. The van der Waals surface area contributed by atoms with Crippen molar-refractivity contribution in [2.75, 3.05) is 0 Å². The van der Waals surface area contributed by atoms with Crippen LogP contribution in [0.4, 0.5) is 4.39 Å². The Bertz CT molecular complexity index is 917. The smallest absolute Gasteiger partial charge is 0.250 e. The summed E-state index contributed by atoms with van der Waals surface area (Å²) in [6.45, 7) is 1.74. The van der Waals surface area contributed by atoms with Gasteiger partial charge in [-0.15, -0.1) is 11.3 Å². The van der Waals surface area contributed by atoms with E-state index in [1.807, 2.05) is 0 Å². The Morgan fingerprint density at radius 2 is 2.04 bits per heavy atom. The maximum absolute atomic E-state index is 12.8. The van der Waals surface area contributed by atoms with E-state index < -0.39 is 10.0 Å². The minimum absolute atomic E-state index is 0.0805. The lowest BCUT2D eigenvalue weighted by atomic mass is 10.2. The van der Waals surface area contributed by atoms with E-state index in [9.17, 15) is 12.8 Å². The van der Waals surface area contributed by atoms with Crippen LogP contribution in [0.3, 0.4) is 0 Å². The van der Waals surface area contributed by atoms with Crippen LogP contribution in [0, 0.1) is 12.7 Å². The number of benzene rings is 1. The number of thiophene rings is 1. The van der Waals surface area contributed by atoms with Gasteiger partial charge in [0.1, 0.15) is 10.0 Å². The van der Waals surface area contributed by atoms with Gasteiger partial charge in [0.25, 0.3) is 0 Å². The molecule has 0 radical (unpaired) electrons. The van der Waals surface area contributed by atoms with Gasteiger partial charge in [-0.3, -0.25) is 0 Å². The highest BCUT2D eigenvalue weighted by molar-refractivity contribution is 7.91. The molecule has 0 aliphatic heterocycles. The highest BCUT2D eigenvalue weighted by Crippen LogP contribution is 2.26. The normalized spacial score (nSPS) is 11.7.